The standard InChI is InChI=1S/2C9H8N2O.ClH/c2*10-9(12)11-6-5-7-3-1-2-4-8(7)11;/h2*1-6H,(H2,10,12);1H. The number of carbonyl (C=O) groups excluding carboxylic acids is 2. The number of amides is 2. The maximum atomic E-state index is 10.9. The lowest BCUT2D eigenvalue weighted by Crippen LogP contribution is -2.17. The van der Waals surface area contributed by atoms with Crippen molar-refractivity contribution in [3.63, 3.8) is 0 Å². The van der Waals surface area contributed by atoms with Crippen LogP contribution in [0.25, 0.3) is 21.8 Å². The molecular weight excluding hydrogens is 340 g/mol. The predicted molar refractivity (Wildman–Crippen MR) is 101 cm³/mol. The third-order valence-electron chi connectivity index (χ3n) is 3.67. The lowest BCUT2D eigenvalue weighted by atomic mass is 10.2. The Morgan fingerprint density at radius 3 is 1.36 bits per heavy atom. The molecule has 0 aliphatic rings. The van der Waals surface area contributed by atoms with Crippen LogP contribution in [0.5, 0.6) is 0 Å². The third-order valence-corrected chi connectivity index (χ3v) is 3.67. The number of primary amides is 2. The van der Waals surface area contributed by atoms with Gasteiger partial charge in [-0.2, -0.15) is 0 Å². The van der Waals surface area contributed by atoms with Gasteiger partial charge in [0.15, 0.2) is 0 Å². The molecule has 0 spiro atoms. The molecule has 0 unspecified atom stereocenters. The van der Waals surface area contributed by atoms with E-state index in [2.05, 4.69) is 0 Å². The van der Waals surface area contributed by atoms with Gasteiger partial charge in [0.05, 0.1) is 11.0 Å². The summed E-state index contributed by atoms with van der Waals surface area (Å²) in [5.41, 5.74) is 12.0. The second-order valence-corrected chi connectivity index (χ2v) is 5.17. The molecule has 0 atom stereocenters. The number of rotatable bonds is 0. The smallest absolute Gasteiger partial charge is 0.323 e. The van der Waals surface area contributed by atoms with E-state index in [0.29, 0.717) is 0 Å². The molecule has 0 aliphatic carbocycles. The molecule has 4 N–H and O–H groups in total. The summed E-state index contributed by atoms with van der Waals surface area (Å²) in [6.07, 6.45) is 3.35. The minimum atomic E-state index is -0.448. The van der Waals surface area contributed by atoms with Crippen molar-refractivity contribution >= 4 is 46.3 Å². The Morgan fingerprint density at radius 1 is 0.640 bits per heavy atom. The van der Waals surface area contributed by atoms with Gasteiger partial charge >= 0.3 is 12.1 Å². The van der Waals surface area contributed by atoms with E-state index in [4.69, 9.17) is 11.5 Å². The van der Waals surface area contributed by atoms with E-state index in [1.165, 1.54) is 9.13 Å². The highest BCUT2D eigenvalue weighted by atomic mass is 35.5. The van der Waals surface area contributed by atoms with Crippen LogP contribution in [0.15, 0.2) is 73.1 Å². The van der Waals surface area contributed by atoms with Crippen molar-refractivity contribution in [2.45, 2.75) is 0 Å². The fraction of sp³-hybridized carbons (Fsp3) is 0. The van der Waals surface area contributed by atoms with E-state index in [1.807, 2.05) is 60.7 Å². The largest absolute Gasteiger partial charge is 0.351 e. The Kier molecular flexibility index (Phi) is 5.46. The topological polar surface area (TPSA) is 96.0 Å². The fourth-order valence-electron chi connectivity index (χ4n) is 2.55. The van der Waals surface area contributed by atoms with Crippen molar-refractivity contribution in [3.8, 4) is 0 Å². The van der Waals surface area contributed by atoms with Gasteiger partial charge in [-0.25, -0.2) is 9.59 Å². The summed E-state index contributed by atoms with van der Waals surface area (Å²) in [7, 11) is 0. The number of para-hydroxylation sites is 2. The zero-order valence-electron chi connectivity index (χ0n) is 13.2. The molecule has 2 aromatic carbocycles. The van der Waals surface area contributed by atoms with Crippen LogP contribution < -0.4 is 11.5 Å². The second kappa shape index (κ2) is 7.55. The Labute approximate surface area is 150 Å². The van der Waals surface area contributed by atoms with Crippen molar-refractivity contribution in [3.05, 3.63) is 73.1 Å². The van der Waals surface area contributed by atoms with E-state index in [9.17, 15) is 9.59 Å². The summed E-state index contributed by atoms with van der Waals surface area (Å²) in [4.78, 5) is 21.7. The highest BCUT2D eigenvalue weighted by Gasteiger charge is 2.03. The minimum absolute atomic E-state index is 0. The lowest BCUT2D eigenvalue weighted by molar-refractivity contribution is 0.250. The number of nitrogens with two attached hydrogens (primary N) is 2. The number of nitrogens with zero attached hydrogens (tertiary/aromatic N) is 2. The van der Waals surface area contributed by atoms with Gasteiger partial charge in [-0.05, 0) is 24.3 Å². The van der Waals surface area contributed by atoms with Crippen LogP contribution in [0.1, 0.15) is 0 Å². The summed E-state index contributed by atoms with van der Waals surface area (Å²) in [6, 6.07) is 18.0. The van der Waals surface area contributed by atoms with E-state index in [0.717, 1.165) is 21.8 Å². The van der Waals surface area contributed by atoms with Crippen LogP contribution in [-0.2, 0) is 0 Å². The summed E-state index contributed by atoms with van der Waals surface area (Å²) < 4.78 is 2.85. The van der Waals surface area contributed by atoms with Crippen LogP contribution >= 0.6 is 12.4 Å². The van der Waals surface area contributed by atoms with Crippen molar-refractivity contribution in [2.24, 2.45) is 11.5 Å². The van der Waals surface area contributed by atoms with Crippen molar-refractivity contribution in [1.82, 2.24) is 9.13 Å². The first kappa shape index (κ1) is 18.1. The molecule has 4 aromatic rings. The SMILES string of the molecule is Cl.NC(=O)n1ccc2ccccc21.NC(=O)n1ccc2ccccc21. The average molecular weight is 357 g/mol. The van der Waals surface area contributed by atoms with E-state index in [1.54, 1.807) is 12.4 Å². The van der Waals surface area contributed by atoms with Crippen LogP contribution in [0.4, 0.5) is 9.59 Å². The van der Waals surface area contributed by atoms with Crippen LogP contribution in [0.2, 0.25) is 0 Å². The molecule has 4 rings (SSSR count). The minimum Gasteiger partial charge on any atom is -0.351 e. The molecule has 0 saturated carbocycles. The van der Waals surface area contributed by atoms with Crippen molar-refractivity contribution in [1.29, 1.82) is 0 Å². The molecule has 2 heterocycles. The van der Waals surface area contributed by atoms with Gasteiger partial charge in [0, 0.05) is 23.2 Å². The van der Waals surface area contributed by atoms with Gasteiger partial charge in [-0.1, -0.05) is 36.4 Å². The molecule has 0 saturated heterocycles. The maximum absolute atomic E-state index is 10.9. The zero-order chi connectivity index (χ0) is 17.1. The number of hydrogen-bond donors (Lipinski definition) is 2. The number of halogens is 1. The van der Waals surface area contributed by atoms with E-state index < -0.39 is 12.1 Å². The fourth-order valence-corrected chi connectivity index (χ4v) is 2.55. The number of benzene rings is 2. The van der Waals surface area contributed by atoms with Crippen LogP contribution in [0.3, 0.4) is 0 Å². The molecule has 0 bridgehead atoms. The second-order valence-electron chi connectivity index (χ2n) is 5.17. The van der Waals surface area contributed by atoms with Gasteiger partial charge in [-0.15, -0.1) is 12.4 Å². The zero-order valence-corrected chi connectivity index (χ0v) is 14.0. The first-order valence-electron chi connectivity index (χ1n) is 7.30. The molecule has 6 nitrogen and oxygen atoms in total. The van der Waals surface area contributed by atoms with Crippen LogP contribution in [0, 0.1) is 0 Å². The lowest BCUT2D eigenvalue weighted by Gasteiger charge is -1.96. The van der Waals surface area contributed by atoms with Crippen LogP contribution in [-0.4, -0.2) is 21.2 Å². The van der Waals surface area contributed by atoms with E-state index in [-0.39, 0.29) is 12.4 Å². The Balaban J connectivity index is 0.000000173. The molecule has 0 fully saturated rings. The molecule has 0 aliphatic heterocycles. The first-order valence-corrected chi connectivity index (χ1v) is 7.30. The number of hydrogen-bond acceptors (Lipinski definition) is 2. The summed E-state index contributed by atoms with van der Waals surface area (Å²) in [5.74, 6) is 0. The Morgan fingerprint density at radius 2 is 1.00 bits per heavy atom. The van der Waals surface area contributed by atoms with Crippen molar-refractivity contribution in [2.75, 3.05) is 0 Å². The van der Waals surface area contributed by atoms with Crippen molar-refractivity contribution < 1.29 is 9.59 Å². The number of fused-ring (bicyclic) bond motifs is 2. The predicted octanol–water partition coefficient (Wildman–Crippen LogP) is 3.56. The molecule has 2 amide bonds. The highest BCUT2D eigenvalue weighted by molar-refractivity contribution is 5.91. The van der Waals surface area contributed by atoms with Gasteiger partial charge in [-0.3, -0.25) is 9.13 Å². The highest BCUT2D eigenvalue weighted by Crippen LogP contribution is 2.14. The monoisotopic (exact) mass is 356 g/mol. The maximum Gasteiger partial charge on any atom is 0.323 e. The molecule has 25 heavy (non-hydrogen) atoms. The molecule has 0 radical (unpaired) electrons. The molecule has 7 heteroatoms. The quantitative estimate of drug-likeness (QED) is 0.503. The van der Waals surface area contributed by atoms with Gasteiger partial charge < -0.3 is 11.5 Å². The van der Waals surface area contributed by atoms with Gasteiger partial charge in [0.2, 0.25) is 0 Å². The van der Waals surface area contributed by atoms with Gasteiger partial charge in [0.1, 0.15) is 0 Å². The summed E-state index contributed by atoms with van der Waals surface area (Å²) in [6.45, 7) is 0. The third kappa shape index (κ3) is 3.64. The molecule has 2 aromatic heterocycles. The molecular formula is C18H17ClN4O2. The average Bonchev–Trinajstić information content (AvgIpc) is 3.19. The summed E-state index contributed by atoms with van der Waals surface area (Å²) >= 11 is 0. The Bertz CT molecular complexity index is 952. The summed E-state index contributed by atoms with van der Waals surface area (Å²) in [5, 5.41) is 2.05. The van der Waals surface area contributed by atoms with E-state index >= 15 is 0 Å². The molecule has 128 valence electrons. The first-order chi connectivity index (χ1) is 11.6. The number of carbonyl (C=O) groups is 2. The number of aromatic nitrogens is 2. The van der Waals surface area contributed by atoms with Gasteiger partial charge in [0.25, 0.3) is 0 Å². The Hall–Kier alpha value is -3.25. The normalized spacial score (nSPS) is 9.92.